The number of carbonyl (C=O) groups excluding carboxylic acids is 1. The number of rotatable bonds is 5. The Labute approximate surface area is 100 Å². The third-order valence-electron chi connectivity index (χ3n) is 1.99. The molecule has 0 fully saturated rings. The molecule has 0 aliphatic rings. The lowest BCUT2D eigenvalue weighted by molar-refractivity contribution is -0.142. The van der Waals surface area contributed by atoms with Gasteiger partial charge in [0.15, 0.2) is 0 Å². The summed E-state index contributed by atoms with van der Waals surface area (Å²) in [6, 6.07) is 7.63. The SMILES string of the molecule is CCOC(=O)[C@H](C)Sc1ccccc1OC. The highest BCUT2D eigenvalue weighted by molar-refractivity contribution is 8.00. The van der Waals surface area contributed by atoms with Crippen LogP contribution in [0.5, 0.6) is 5.75 Å². The van der Waals surface area contributed by atoms with Crippen LogP contribution in [0.15, 0.2) is 29.2 Å². The fraction of sp³-hybridized carbons (Fsp3) is 0.417. The molecule has 1 aromatic rings. The van der Waals surface area contributed by atoms with Gasteiger partial charge in [0, 0.05) is 0 Å². The van der Waals surface area contributed by atoms with Crippen LogP contribution in [-0.2, 0) is 9.53 Å². The number of hydrogen-bond acceptors (Lipinski definition) is 4. The molecule has 0 aliphatic heterocycles. The molecule has 0 spiro atoms. The molecule has 0 heterocycles. The Morgan fingerprint density at radius 3 is 2.75 bits per heavy atom. The van der Waals surface area contributed by atoms with E-state index in [-0.39, 0.29) is 11.2 Å². The van der Waals surface area contributed by atoms with Crippen LogP contribution < -0.4 is 4.74 Å². The topological polar surface area (TPSA) is 35.5 Å². The van der Waals surface area contributed by atoms with E-state index in [0.717, 1.165) is 10.6 Å². The van der Waals surface area contributed by atoms with Gasteiger partial charge in [0.1, 0.15) is 11.0 Å². The summed E-state index contributed by atoms with van der Waals surface area (Å²) in [7, 11) is 1.62. The minimum absolute atomic E-state index is 0.196. The number of ether oxygens (including phenoxy) is 2. The molecular weight excluding hydrogens is 224 g/mol. The van der Waals surface area contributed by atoms with Crippen molar-refractivity contribution < 1.29 is 14.3 Å². The molecule has 0 aromatic heterocycles. The quantitative estimate of drug-likeness (QED) is 0.585. The van der Waals surface area contributed by atoms with Crippen LogP contribution >= 0.6 is 11.8 Å². The third-order valence-corrected chi connectivity index (χ3v) is 3.13. The third kappa shape index (κ3) is 3.45. The minimum Gasteiger partial charge on any atom is -0.496 e. The maximum Gasteiger partial charge on any atom is 0.319 e. The van der Waals surface area contributed by atoms with Crippen LogP contribution in [0.3, 0.4) is 0 Å². The Morgan fingerprint density at radius 1 is 1.44 bits per heavy atom. The Balaban J connectivity index is 2.68. The molecule has 0 unspecified atom stereocenters. The molecule has 3 nitrogen and oxygen atoms in total. The van der Waals surface area contributed by atoms with Crippen molar-refractivity contribution in [1.82, 2.24) is 0 Å². The van der Waals surface area contributed by atoms with Gasteiger partial charge in [0.2, 0.25) is 0 Å². The van der Waals surface area contributed by atoms with Crippen molar-refractivity contribution in [2.45, 2.75) is 24.0 Å². The van der Waals surface area contributed by atoms with E-state index >= 15 is 0 Å². The smallest absolute Gasteiger partial charge is 0.319 e. The van der Waals surface area contributed by atoms with Crippen molar-refractivity contribution in [3.8, 4) is 5.75 Å². The van der Waals surface area contributed by atoms with E-state index in [0.29, 0.717) is 6.61 Å². The van der Waals surface area contributed by atoms with Crippen molar-refractivity contribution in [3.05, 3.63) is 24.3 Å². The number of hydrogen-bond donors (Lipinski definition) is 0. The molecule has 0 amide bonds. The van der Waals surface area contributed by atoms with E-state index in [1.807, 2.05) is 31.2 Å². The highest BCUT2D eigenvalue weighted by Gasteiger charge is 2.17. The van der Waals surface area contributed by atoms with Gasteiger partial charge in [-0.1, -0.05) is 12.1 Å². The summed E-state index contributed by atoms with van der Waals surface area (Å²) < 4.78 is 10.2. The van der Waals surface area contributed by atoms with Crippen LogP contribution in [0.1, 0.15) is 13.8 Å². The molecule has 0 aliphatic carbocycles. The predicted molar refractivity (Wildman–Crippen MR) is 64.9 cm³/mol. The number of carbonyl (C=O) groups is 1. The lowest BCUT2D eigenvalue weighted by atomic mass is 10.3. The monoisotopic (exact) mass is 240 g/mol. The van der Waals surface area contributed by atoms with Gasteiger partial charge in [0.05, 0.1) is 18.6 Å². The molecule has 0 bridgehead atoms. The number of thioether (sulfide) groups is 1. The van der Waals surface area contributed by atoms with E-state index in [1.54, 1.807) is 14.0 Å². The highest BCUT2D eigenvalue weighted by atomic mass is 32.2. The average Bonchev–Trinajstić information content (AvgIpc) is 2.30. The second kappa shape index (κ2) is 6.43. The van der Waals surface area contributed by atoms with Crippen LogP contribution in [0.2, 0.25) is 0 Å². The molecule has 88 valence electrons. The van der Waals surface area contributed by atoms with Crippen LogP contribution in [0.4, 0.5) is 0 Å². The maximum absolute atomic E-state index is 11.5. The highest BCUT2D eigenvalue weighted by Crippen LogP contribution is 2.32. The summed E-state index contributed by atoms with van der Waals surface area (Å²) in [5.74, 6) is 0.585. The standard InChI is InChI=1S/C12H16O3S/c1-4-15-12(13)9(2)16-11-8-6-5-7-10(11)14-3/h5-9H,4H2,1-3H3/t9-/m0/s1. The molecule has 0 N–H and O–H groups in total. The molecular formula is C12H16O3S. The fourth-order valence-corrected chi connectivity index (χ4v) is 2.18. The lowest BCUT2D eigenvalue weighted by Crippen LogP contribution is -2.16. The van der Waals surface area contributed by atoms with Gasteiger partial charge in [-0.2, -0.15) is 0 Å². The first-order valence-electron chi connectivity index (χ1n) is 5.15. The number of benzene rings is 1. The molecule has 0 saturated heterocycles. The lowest BCUT2D eigenvalue weighted by Gasteiger charge is -2.12. The van der Waals surface area contributed by atoms with Crippen LogP contribution in [-0.4, -0.2) is 24.9 Å². The molecule has 0 radical (unpaired) electrons. The van der Waals surface area contributed by atoms with Gasteiger partial charge in [-0.05, 0) is 26.0 Å². The summed E-state index contributed by atoms with van der Waals surface area (Å²) in [4.78, 5) is 12.4. The average molecular weight is 240 g/mol. The summed E-state index contributed by atoms with van der Waals surface area (Å²) in [6.45, 7) is 4.04. The molecule has 1 atom stereocenters. The summed E-state index contributed by atoms with van der Waals surface area (Å²) in [6.07, 6.45) is 0. The largest absolute Gasteiger partial charge is 0.496 e. The molecule has 1 rings (SSSR count). The number of methoxy groups -OCH3 is 1. The summed E-state index contributed by atoms with van der Waals surface area (Å²) in [5.41, 5.74) is 0. The first-order valence-corrected chi connectivity index (χ1v) is 6.03. The van der Waals surface area contributed by atoms with Crippen molar-refractivity contribution in [3.63, 3.8) is 0 Å². The second-order valence-corrected chi connectivity index (χ2v) is 4.55. The maximum atomic E-state index is 11.5. The van der Waals surface area contributed by atoms with Crippen molar-refractivity contribution >= 4 is 17.7 Å². The molecule has 0 saturated carbocycles. The van der Waals surface area contributed by atoms with Gasteiger partial charge < -0.3 is 9.47 Å². The normalized spacial score (nSPS) is 11.9. The Hall–Kier alpha value is -1.16. The van der Waals surface area contributed by atoms with E-state index in [4.69, 9.17) is 9.47 Å². The van der Waals surface area contributed by atoms with Crippen molar-refractivity contribution in [1.29, 1.82) is 0 Å². The first kappa shape index (κ1) is 12.9. The summed E-state index contributed by atoms with van der Waals surface area (Å²) >= 11 is 1.44. The van der Waals surface area contributed by atoms with Crippen LogP contribution in [0.25, 0.3) is 0 Å². The van der Waals surface area contributed by atoms with E-state index in [1.165, 1.54) is 11.8 Å². The predicted octanol–water partition coefficient (Wildman–Crippen LogP) is 2.74. The van der Waals surface area contributed by atoms with Gasteiger partial charge in [-0.15, -0.1) is 11.8 Å². The van der Waals surface area contributed by atoms with E-state index < -0.39 is 0 Å². The Morgan fingerprint density at radius 2 is 2.12 bits per heavy atom. The first-order chi connectivity index (χ1) is 7.69. The van der Waals surface area contributed by atoms with Crippen molar-refractivity contribution in [2.24, 2.45) is 0 Å². The zero-order valence-corrected chi connectivity index (χ0v) is 10.5. The summed E-state index contributed by atoms with van der Waals surface area (Å²) in [5, 5.41) is -0.226. The zero-order valence-electron chi connectivity index (χ0n) is 9.73. The van der Waals surface area contributed by atoms with Crippen LogP contribution in [0, 0.1) is 0 Å². The van der Waals surface area contributed by atoms with Gasteiger partial charge >= 0.3 is 5.97 Å². The molecule has 1 aromatic carbocycles. The van der Waals surface area contributed by atoms with Gasteiger partial charge in [0.25, 0.3) is 0 Å². The zero-order chi connectivity index (χ0) is 12.0. The Kier molecular flexibility index (Phi) is 5.19. The van der Waals surface area contributed by atoms with E-state index in [9.17, 15) is 4.79 Å². The van der Waals surface area contributed by atoms with Gasteiger partial charge in [-0.3, -0.25) is 4.79 Å². The fourth-order valence-electron chi connectivity index (χ4n) is 1.21. The number of para-hydroxylation sites is 1. The number of esters is 1. The van der Waals surface area contributed by atoms with Gasteiger partial charge in [-0.25, -0.2) is 0 Å². The molecule has 16 heavy (non-hydrogen) atoms. The Bertz CT molecular complexity index is 352. The minimum atomic E-state index is -0.226. The molecule has 4 heteroatoms. The van der Waals surface area contributed by atoms with Crippen molar-refractivity contribution in [2.75, 3.05) is 13.7 Å². The second-order valence-electron chi connectivity index (χ2n) is 3.16. The van der Waals surface area contributed by atoms with E-state index in [2.05, 4.69) is 0 Å².